The molecule has 12 nitrogen and oxygen atoms in total. The number of piperazine rings is 1. The second-order valence-corrected chi connectivity index (χ2v) is 9.48. The van der Waals surface area contributed by atoms with Gasteiger partial charge in [-0.3, -0.25) is 9.36 Å². The smallest absolute Gasteiger partial charge is 0.223 e. The summed E-state index contributed by atoms with van der Waals surface area (Å²) >= 11 is 0. The number of aromatic nitrogens is 6. The highest BCUT2D eigenvalue weighted by Crippen LogP contribution is 2.23. The van der Waals surface area contributed by atoms with Crippen molar-refractivity contribution in [3.63, 3.8) is 0 Å². The van der Waals surface area contributed by atoms with Crippen LogP contribution in [-0.4, -0.2) is 99.8 Å². The van der Waals surface area contributed by atoms with Crippen LogP contribution in [0, 0.1) is 12.8 Å². The third-order valence-electron chi connectivity index (χ3n) is 7.01. The average molecular weight is 507 g/mol. The number of piperidine rings is 1. The third kappa shape index (κ3) is 6.13. The van der Waals surface area contributed by atoms with E-state index in [0.29, 0.717) is 19.0 Å². The number of rotatable bonds is 8. The van der Waals surface area contributed by atoms with Gasteiger partial charge in [0.15, 0.2) is 0 Å². The second kappa shape index (κ2) is 11.5. The maximum absolute atomic E-state index is 12.7. The Kier molecular flexibility index (Phi) is 7.73. The quantitative estimate of drug-likeness (QED) is 0.442. The summed E-state index contributed by atoms with van der Waals surface area (Å²) in [6, 6.07) is 3.84. The van der Waals surface area contributed by atoms with Crippen molar-refractivity contribution in [3.8, 4) is 11.7 Å². The molecule has 3 aromatic heterocycles. The zero-order chi connectivity index (χ0) is 25.6. The van der Waals surface area contributed by atoms with Crippen LogP contribution in [0.4, 0.5) is 11.6 Å². The average Bonchev–Trinajstić information content (AvgIpc) is 3.37. The summed E-state index contributed by atoms with van der Waals surface area (Å²) in [4.78, 5) is 41.2. The lowest BCUT2D eigenvalue weighted by Crippen LogP contribution is -2.44. The molecule has 1 N–H and O–H groups in total. The Hall–Kier alpha value is -3.80. The van der Waals surface area contributed by atoms with Crippen LogP contribution in [0.2, 0.25) is 0 Å². The molecule has 37 heavy (non-hydrogen) atoms. The predicted molar refractivity (Wildman–Crippen MR) is 139 cm³/mol. The number of carbonyl (C=O) groups is 1. The van der Waals surface area contributed by atoms with E-state index >= 15 is 0 Å². The molecule has 5 rings (SSSR count). The molecule has 2 saturated heterocycles. The highest BCUT2D eigenvalue weighted by atomic mass is 16.5. The van der Waals surface area contributed by atoms with Crippen molar-refractivity contribution in [2.45, 2.75) is 19.8 Å². The number of likely N-dealkylation sites (N-methyl/N-ethyl adjacent to an activating group) is 1. The fourth-order valence-corrected chi connectivity index (χ4v) is 4.72. The number of nitrogens with zero attached hydrogens (tertiary/aromatic N) is 9. The Morgan fingerprint density at radius 1 is 0.919 bits per heavy atom. The van der Waals surface area contributed by atoms with E-state index in [-0.39, 0.29) is 11.8 Å². The van der Waals surface area contributed by atoms with Gasteiger partial charge in [0.2, 0.25) is 11.8 Å². The number of aryl methyl sites for hydroxylation is 1. The largest absolute Gasteiger partial charge is 0.476 e. The van der Waals surface area contributed by atoms with Crippen LogP contribution in [0.15, 0.2) is 37.2 Å². The maximum Gasteiger partial charge on any atom is 0.223 e. The van der Waals surface area contributed by atoms with Crippen molar-refractivity contribution < 1.29 is 9.53 Å². The minimum atomic E-state index is -0.0173. The molecule has 0 atom stereocenters. The number of hydrogen-bond donors (Lipinski definition) is 1. The molecule has 0 saturated carbocycles. The molecule has 196 valence electrons. The highest BCUT2D eigenvalue weighted by molar-refractivity contribution is 5.79. The molecule has 3 aromatic rings. The zero-order valence-electron chi connectivity index (χ0n) is 21.5. The van der Waals surface area contributed by atoms with Crippen LogP contribution in [-0.2, 0) is 4.79 Å². The first-order chi connectivity index (χ1) is 18.1. The first-order valence-corrected chi connectivity index (χ1v) is 12.8. The minimum absolute atomic E-state index is 0.0173. The van der Waals surface area contributed by atoms with Gasteiger partial charge in [-0.2, -0.15) is 0 Å². The number of nitrogens with one attached hydrogen (secondary N) is 1. The standard InChI is InChI=1S/C25H34N10O2/c1-19-26-5-9-35(19)23-15-21(28-17-30-23)33-7-3-20(4-8-33)25(36)27-6-14-37-24-16-22(29-18-31-24)34-12-10-32(2)11-13-34/h5,9,15-18,20H,3-4,6-8,10-14H2,1-2H3,(H,27,36). The Bertz CT molecular complexity index is 1190. The fourth-order valence-electron chi connectivity index (χ4n) is 4.72. The number of hydrogen-bond acceptors (Lipinski definition) is 10. The van der Waals surface area contributed by atoms with Crippen LogP contribution in [0.1, 0.15) is 18.7 Å². The molecule has 1 amide bonds. The summed E-state index contributed by atoms with van der Waals surface area (Å²) in [7, 11) is 2.13. The Balaban J connectivity index is 1.05. The Labute approximate surface area is 216 Å². The van der Waals surface area contributed by atoms with Crippen LogP contribution in [0.5, 0.6) is 5.88 Å². The number of carbonyl (C=O) groups excluding carboxylic acids is 1. The Morgan fingerprint density at radius 3 is 2.32 bits per heavy atom. The molecule has 0 bridgehead atoms. The summed E-state index contributed by atoms with van der Waals surface area (Å²) in [5, 5.41) is 3.02. The van der Waals surface area contributed by atoms with E-state index in [0.717, 1.165) is 75.4 Å². The molecule has 0 radical (unpaired) electrons. The van der Waals surface area contributed by atoms with Crippen LogP contribution in [0.3, 0.4) is 0 Å². The first-order valence-electron chi connectivity index (χ1n) is 12.8. The van der Waals surface area contributed by atoms with Crippen LogP contribution < -0.4 is 19.9 Å². The fraction of sp³-hybridized carbons (Fsp3) is 0.520. The van der Waals surface area contributed by atoms with Gasteiger partial charge in [-0.15, -0.1) is 0 Å². The second-order valence-electron chi connectivity index (χ2n) is 9.48. The predicted octanol–water partition coefficient (Wildman–Crippen LogP) is 0.924. The van der Waals surface area contributed by atoms with Gasteiger partial charge in [-0.1, -0.05) is 0 Å². The molecule has 2 fully saturated rings. The van der Waals surface area contributed by atoms with Crippen molar-refractivity contribution in [1.29, 1.82) is 0 Å². The topological polar surface area (TPSA) is 117 Å². The van der Waals surface area contributed by atoms with E-state index in [2.05, 4.69) is 52.0 Å². The summed E-state index contributed by atoms with van der Waals surface area (Å²) in [6.07, 6.45) is 8.30. The van der Waals surface area contributed by atoms with Gasteiger partial charge < -0.3 is 24.8 Å². The minimum Gasteiger partial charge on any atom is -0.476 e. The molecular formula is C25H34N10O2. The van der Waals surface area contributed by atoms with Gasteiger partial charge in [0.1, 0.15) is 42.5 Å². The van der Waals surface area contributed by atoms with E-state index in [1.807, 2.05) is 29.8 Å². The van der Waals surface area contributed by atoms with Crippen molar-refractivity contribution in [1.82, 2.24) is 39.7 Å². The van der Waals surface area contributed by atoms with Crippen LogP contribution in [0.25, 0.3) is 5.82 Å². The monoisotopic (exact) mass is 506 g/mol. The van der Waals surface area contributed by atoms with E-state index in [1.165, 1.54) is 6.33 Å². The van der Waals surface area contributed by atoms with E-state index in [9.17, 15) is 4.79 Å². The lowest BCUT2D eigenvalue weighted by atomic mass is 9.96. The van der Waals surface area contributed by atoms with Gasteiger partial charge in [0.25, 0.3) is 0 Å². The molecule has 5 heterocycles. The molecular weight excluding hydrogens is 472 g/mol. The van der Waals surface area contributed by atoms with Gasteiger partial charge >= 0.3 is 0 Å². The number of amides is 1. The van der Waals surface area contributed by atoms with Crippen molar-refractivity contribution in [2.75, 3.05) is 69.3 Å². The normalized spacial score (nSPS) is 17.1. The third-order valence-corrected chi connectivity index (χ3v) is 7.01. The first kappa shape index (κ1) is 24.9. The van der Waals surface area contributed by atoms with E-state index < -0.39 is 0 Å². The molecule has 0 unspecified atom stereocenters. The Morgan fingerprint density at radius 2 is 1.59 bits per heavy atom. The molecule has 12 heteroatoms. The molecule has 0 aliphatic carbocycles. The summed E-state index contributed by atoms with van der Waals surface area (Å²) in [6.45, 7) is 8.17. The molecule has 2 aliphatic rings. The van der Waals surface area contributed by atoms with E-state index in [1.54, 1.807) is 12.5 Å². The van der Waals surface area contributed by atoms with Gasteiger partial charge in [0, 0.05) is 69.7 Å². The maximum atomic E-state index is 12.7. The number of imidazole rings is 1. The van der Waals surface area contributed by atoms with Crippen molar-refractivity contribution in [2.24, 2.45) is 5.92 Å². The summed E-state index contributed by atoms with van der Waals surface area (Å²) in [5.41, 5.74) is 0. The van der Waals surface area contributed by atoms with Crippen molar-refractivity contribution in [3.05, 3.63) is 43.0 Å². The SMILES string of the molecule is Cc1nccn1-c1cc(N2CCC(C(=O)NCCOc3cc(N4CCN(C)CC4)ncn3)CC2)ncn1. The summed E-state index contributed by atoms with van der Waals surface area (Å²) in [5.74, 6) is 3.99. The molecule has 0 aromatic carbocycles. The lowest BCUT2D eigenvalue weighted by Gasteiger charge is -2.33. The van der Waals surface area contributed by atoms with Gasteiger partial charge in [0.05, 0.1) is 6.54 Å². The summed E-state index contributed by atoms with van der Waals surface area (Å²) < 4.78 is 7.72. The van der Waals surface area contributed by atoms with Gasteiger partial charge in [-0.25, -0.2) is 24.9 Å². The number of anilines is 2. The molecule has 0 spiro atoms. The highest BCUT2D eigenvalue weighted by Gasteiger charge is 2.26. The molecule has 2 aliphatic heterocycles. The van der Waals surface area contributed by atoms with Crippen LogP contribution >= 0.6 is 0 Å². The number of ether oxygens (including phenoxy) is 1. The zero-order valence-corrected chi connectivity index (χ0v) is 21.5. The van der Waals surface area contributed by atoms with Gasteiger partial charge in [-0.05, 0) is 26.8 Å². The van der Waals surface area contributed by atoms with Crippen molar-refractivity contribution >= 4 is 17.5 Å². The lowest BCUT2D eigenvalue weighted by molar-refractivity contribution is -0.125. The van der Waals surface area contributed by atoms with E-state index in [4.69, 9.17) is 4.74 Å².